The summed E-state index contributed by atoms with van der Waals surface area (Å²) in [4.78, 5) is 10.3. The largest absolute Gasteiger partial charge is 0.456 e. The monoisotopic (exact) mass is 734 g/mol. The lowest BCUT2D eigenvalue weighted by molar-refractivity contribution is 0.668. The van der Waals surface area contributed by atoms with E-state index in [1.54, 1.807) is 0 Å². The van der Waals surface area contributed by atoms with Crippen molar-refractivity contribution in [2.24, 2.45) is 9.98 Å². The fourth-order valence-electron chi connectivity index (χ4n) is 8.92. The SMILES string of the molecule is C1=CCCC(C2=NC(c3ccc4oc5cccc(-c6cccc7oc8ccc(-n9c%10ccccc%10c%10ccccc%109)cc8c67)c5c4c3)=NC(c3ccccc3)N2)=C1. The van der Waals surface area contributed by atoms with E-state index in [-0.39, 0.29) is 6.17 Å². The number of allylic oxidation sites excluding steroid dienone is 3. The lowest BCUT2D eigenvalue weighted by Crippen LogP contribution is -2.34. The molecule has 7 aromatic carbocycles. The van der Waals surface area contributed by atoms with Crippen LogP contribution in [0.2, 0.25) is 0 Å². The van der Waals surface area contributed by atoms with Gasteiger partial charge in [-0.3, -0.25) is 0 Å². The van der Waals surface area contributed by atoms with Gasteiger partial charge in [0.2, 0.25) is 0 Å². The number of fused-ring (bicyclic) bond motifs is 9. The zero-order valence-corrected chi connectivity index (χ0v) is 30.8. The van der Waals surface area contributed by atoms with Crippen molar-refractivity contribution in [2.75, 3.05) is 0 Å². The molecule has 0 spiro atoms. The van der Waals surface area contributed by atoms with Crippen LogP contribution in [0.4, 0.5) is 0 Å². The first-order chi connectivity index (χ1) is 28.2. The van der Waals surface area contributed by atoms with Crippen LogP contribution in [-0.4, -0.2) is 16.2 Å². The fourth-order valence-corrected chi connectivity index (χ4v) is 8.92. The van der Waals surface area contributed by atoms with Gasteiger partial charge in [0.1, 0.15) is 34.3 Å². The second-order valence-electron chi connectivity index (χ2n) is 14.9. The van der Waals surface area contributed by atoms with E-state index in [1.165, 1.54) is 27.4 Å². The van der Waals surface area contributed by atoms with E-state index >= 15 is 0 Å². The molecule has 57 heavy (non-hydrogen) atoms. The smallest absolute Gasteiger partial charge is 0.159 e. The highest BCUT2D eigenvalue weighted by molar-refractivity contribution is 6.21. The van der Waals surface area contributed by atoms with Gasteiger partial charge in [0, 0.05) is 43.6 Å². The highest BCUT2D eigenvalue weighted by Crippen LogP contribution is 2.43. The third-order valence-electron chi connectivity index (χ3n) is 11.5. The number of amidine groups is 2. The van der Waals surface area contributed by atoms with Gasteiger partial charge in [0.25, 0.3) is 0 Å². The molecule has 270 valence electrons. The zero-order valence-electron chi connectivity index (χ0n) is 30.8. The summed E-state index contributed by atoms with van der Waals surface area (Å²) in [6.07, 6.45) is 8.14. The molecule has 2 aliphatic rings. The van der Waals surface area contributed by atoms with Gasteiger partial charge in [-0.1, -0.05) is 109 Å². The first kappa shape index (κ1) is 31.9. The molecule has 0 radical (unpaired) electrons. The van der Waals surface area contributed by atoms with E-state index in [2.05, 4.69) is 174 Å². The van der Waals surface area contributed by atoms with E-state index in [0.29, 0.717) is 5.84 Å². The molecule has 0 bridgehead atoms. The van der Waals surface area contributed by atoms with Crippen molar-refractivity contribution in [3.05, 3.63) is 187 Å². The van der Waals surface area contributed by atoms with Gasteiger partial charge in [-0.15, -0.1) is 0 Å². The Morgan fingerprint density at radius 2 is 1.23 bits per heavy atom. The van der Waals surface area contributed by atoms with Crippen molar-refractivity contribution < 1.29 is 8.83 Å². The number of furan rings is 2. The third-order valence-corrected chi connectivity index (χ3v) is 11.5. The number of benzene rings is 7. The van der Waals surface area contributed by atoms with Crippen LogP contribution in [0.15, 0.2) is 194 Å². The van der Waals surface area contributed by atoms with Gasteiger partial charge in [-0.25, -0.2) is 9.98 Å². The molecule has 1 aliphatic carbocycles. The molecule has 3 aromatic heterocycles. The molecule has 0 saturated heterocycles. The van der Waals surface area contributed by atoms with Crippen LogP contribution in [0.1, 0.15) is 30.1 Å². The number of nitrogens with zero attached hydrogens (tertiary/aromatic N) is 3. The number of aromatic nitrogens is 1. The lowest BCUT2D eigenvalue weighted by Gasteiger charge is -2.25. The van der Waals surface area contributed by atoms with E-state index < -0.39 is 0 Å². The van der Waals surface area contributed by atoms with Crippen LogP contribution in [-0.2, 0) is 0 Å². The van der Waals surface area contributed by atoms with Crippen molar-refractivity contribution >= 4 is 77.4 Å². The molecule has 1 unspecified atom stereocenters. The van der Waals surface area contributed by atoms with Gasteiger partial charge in [0.05, 0.1) is 11.0 Å². The molecule has 6 heteroatoms. The molecule has 1 atom stereocenters. The van der Waals surface area contributed by atoms with E-state index in [0.717, 1.165) is 90.5 Å². The highest BCUT2D eigenvalue weighted by atomic mass is 16.3. The molecular weight excluding hydrogens is 701 g/mol. The number of rotatable bonds is 5. The summed E-state index contributed by atoms with van der Waals surface area (Å²) in [5, 5.41) is 10.3. The lowest BCUT2D eigenvalue weighted by atomic mass is 9.95. The van der Waals surface area contributed by atoms with E-state index in [1.807, 2.05) is 6.07 Å². The third kappa shape index (κ3) is 5.04. The van der Waals surface area contributed by atoms with Crippen molar-refractivity contribution in [1.82, 2.24) is 9.88 Å². The summed E-state index contributed by atoms with van der Waals surface area (Å²) in [6, 6.07) is 53.2. The molecule has 1 N–H and O–H groups in total. The maximum Gasteiger partial charge on any atom is 0.159 e. The Hall–Kier alpha value is -7.44. The zero-order chi connectivity index (χ0) is 37.5. The molecule has 0 amide bonds. The summed E-state index contributed by atoms with van der Waals surface area (Å²) in [5.41, 5.74) is 12.2. The standard InChI is InChI=1S/C51H34N4O2/c1-3-13-31(14-4-1)49-52-50(32-15-5-2-6-16-32)54-51(53-49)33-25-27-43-39(29-33)47-37(19-11-23-45(47)56-43)38-20-12-24-46-48(38)40-30-34(26-28-44(40)57-46)55-41-21-9-7-17-35(41)36-18-8-10-22-42(36)55/h1-5,7-15,17-30,49H,6,16H2,(H,52,53,54). The number of nitrogens with one attached hydrogen (secondary N) is 1. The van der Waals surface area contributed by atoms with E-state index in [4.69, 9.17) is 18.8 Å². The number of aliphatic imine (C=N–C) groups is 2. The minimum atomic E-state index is -0.257. The molecule has 1 aliphatic heterocycles. The van der Waals surface area contributed by atoms with E-state index in [9.17, 15) is 0 Å². The summed E-state index contributed by atoms with van der Waals surface area (Å²) in [6.45, 7) is 0. The van der Waals surface area contributed by atoms with Crippen molar-refractivity contribution in [3.63, 3.8) is 0 Å². The van der Waals surface area contributed by atoms with Gasteiger partial charge in [-0.05, 0) is 95.8 Å². The molecule has 10 aromatic rings. The predicted octanol–water partition coefficient (Wildman–Crippen LogP) is 13.0. The van der Waals surface area contributed by atoms with Crippen LogP contribution in [0, 0.1) is 0 Å². The Labute approximate surface area is 327 Å². The molecule has 0 saturated carbocycles. The Morgan fingerprint density at radius 1 is 0.579 bits per heavy atom. The van der Waals surface area contributed by atoms with Gasteiger partial charge in [0.15, 0.2) is 5.84 Å². The Morgan fingerprint density at radius 3 is 1.91 bits per heavy atom. The number of hydrogen-bond acceptors (Lipinski definition) is 5. The Balaban J connectivity index is 1.05. The van der Waals surface area contributed by atoms with Crippen LogP contribution >= 0.6 is 0 Å². The molecule has 6 nitrogen and oxygen atoms in total. The summed E-state index contributed by atoms with van der Waals surface area (Å²) >= 11 is 0. The minimum Gasteiger partial charge on any atom is -0.456 e. The average Bonchev–Trinajstić information content (AvgIpc) is 3.96. The molecule has 12 rings (SSSR count). The van der Waals surface area contributed by atoms with Crippen molar-refractivity contribution in [2.45, 2.75) is 19.0 Å². The maximum absolute atomic E-state index is 6.57. The highest BCUT2D eigenvalue weighted by Gasteiger charge is 2.24. The Kier molecular flexibility index (Phi) is 7.01. The van der Waals surface area contributed by atoms with Crippen molar-refractivity contribution in [1.29, 1.82) is 0 Å². The van der Waals surface area contributed by atoms with Gasteiger partial charge < -0.3 is 18.7 Å². The van der Waals surface area contributed by atoms with Crippen molar-refractivity contribution in [3.8, 4) is 16.8 Å². The topological polar surface area (TPSA) is 68.0 Å². The van der Waals surface area contributed by atoms with Crippen LogP contribution < -0.4 is 5.32 Å². The predicted molar refractivity (Wildman–Crippen MR) is 234 cm³/mol. The number of para-hydroxylation sites is 2. The van der Waals surface area contributed by atoms with Crippen LogP contribution in [0.3, 0.4) is 0 Å². The average molecular weight is 735 g/mol. The first-order valence-electron chi connectivity index (χ1n) is 19.5. The molecule has 0 fully saturated rings. The summed E-state index contributed by atoms with van der Waals surface area (Å²) in [5.74, 6) is 1.57. The minimum absolute atomic E-state index is 0.257. The maximum atomic E-state index is 6.57. The fraction of sp³-hybridized carbons (Fsp3) is 0.0588. The van der Waals surface area contributed by atoms with Crippen LogP contribution in [0.5, 0.6) is 0 Å². The quantitative estimate of drug-likeness (QED) is 0.191. The first-order valence-corrected chi connectivity index (χ1v) is 19.5. The normalized spacial score (nSPS) is 15.8. The van der Waals surface area contributed by atoms with Gasteiger partial charge >= 0.3 is 0 Å². The van der Waals surface area contributed by atoms with Gasteiger partial charge in [-0.2, -0.15) is 0 Å². The second kappa shape index (κ2) is 12.5. The number of hydrogen-bond donors (Lipinski definition) is 1. The van der Waals surface area contributed by atoms with Crippen LogP contribution in [0.25, 0.3) is 82.5 Å². The second-order valence-corrected chi connectivity index (χ2v) is 14.9. The molecular formula is C51H34N4O2. The molecule has 4 heterocycles. The summed E-state index contributed by atoms with van der Waals surface area (Å²) in [7, 11) is 0. The summed E-state index contributed by atoms with van der Waals surface area (Å²) < 4.78 is 15.5. The Bertz CT molecular complexity index is 3340.